The van der Waals surface area contributed by atoms with E-state index in [0.29, 0.717) is 24.8 Å². The van der Waals surface area contributed by atoms with Crippen LogP contribution in [0.2, 0.25) is 0 Å². The maximum Gasteiger partial charge on any atom is 0.342 e. The van der Waals surface area contributed by atoms with E-state index in [1.54, 1.807) is 48.2 Å². The molecular formula is C23H26FNO4. The lowest BCUT2D eigenvalue weighted by Crippen LogP contribution is -2.44. The third-order valence-corrected chi connectivity index (χ3v) is 5.14. The number of carbonyl (C=O) groups is 2. The van der Waals surface area contributed by atoms with Crippen molar-refractivity contribution >= 4 is 11.9 Å². The monoisotopic (exact) mass is 399 g/mol. The van der Waals surface area contributed by atoms with Crippen molar-refractivity contribution in [2.75, 3.05) is 13.1 Å². The average Bonchev–Trinajstić information content (AvgIpc) is 2.73. The second-order valence-corrected chi connectivity index (χ2v) is 7.47. The predicted octanol–water partition coefficient (Wildman–Crippen LogP) is 4.21. The fourth-order valence-corrected chi connectivity index (χ4v) is 3.26. The zero-order chi connectivity index (χ0) is 20.8. The summed E-state index contributed by atoms with van der Waals surface area (Å²) >= 11 is 0. The zero-order valence-corrected chi connectivity index (χ0v) is 16.8. The van der Waals surface area contributed by atoms with Crippen molar-refractivity contribution in [3.05, 3.63) is 65.5 Å². The van der Waals surface area contributed by atoms with Gasteiger partial charge in [-0.2, -0.15) is 0 Å². The number of halogens is 1. The molecule has 1 heterocycles. The molecule has 1 aliphatic heterocycles. The molecule has 2 aromatic carbocycles. The summed E-state index contributed by atoms with van der Waals surface area (Å²) in [7, 11) is 0. The molecule has 1 atom stereocenters. The van der Waals surface area contributed by atoms with Crippen LogP contribution >= 0.6 is 0 Å². The van der Waals surface area contributed by atoms with Gasteiger partial charge in [-0.05, 0) is 55.5 Å². The zero-order valence-electron chi connectivity index (χ0n) is 16.8. The lowest BCUT2D eigenvalue weighted by molar-refractivity contribution is -0.141. The molecule has 0 N–H and O–H groups in total. The van der Waals surface area contributed by atoms with Gasteiger partial charge in [0.2, 0.25) is 0 Å². The maximum atomic E-state index is 13.0. The SMILES string of the molecule is CC1CCN(C(=O)[C@@H](C)OC(=O)c2ccccc2OCc2ccc(F)cc2)CC1. The Morgan fingerprint density at radius 2 is 1.76 bits per heavy atom. The molecule has 5 nitrogen and oxygen atoms in total. The molecule has 0 aromatic heterocycles. The first-order valence-electron chi connectivity index (χ1n) is 9.90. The Bertz CT molecular complexity index is 844. The minimum atomic E-state index is -0.860. The molecule has 0 unspecified atom stereocenters. The molecule has 0 aliphatic carbocycles. The summed E-state index contributed by atoms with van der Waals surface area (Å²) in [6, 6.07) is 12.7. The van der Waals surface area contributed by atoms with Crippen molar-refractivity contribution < 1.29 is 23.5 Å². The van der Waals surface area contributed by atoms with Gasteiger partial charge in [-0.1, -0.05) is 31.2 Å². The van der Waals surface area contributed by atoms with Gasteiger partial charge in [0.25, 0.3) is 5.91 Å². The Labute approximate surface area is 170 Å². The molecule has 1 aliphatic rings. The van der Waals surface area contributed by atoms with E-state index in [1.165, 1.54) is 12.1 Å². The number of carbonyl (C=O) groups excluding carboxylic acids is 2. The predicted molar refractivity (Wildman–Crippen MR) is 107 cm³/mol. The normalized spacial score (nSPS) is 15.6. The summed E-state index contributed by atoms with van der Waals surface area (Å²) in [6.45, 7) is 5.35. The fraction of sp³-hybridized carbons (Fsp3) is 0.391. The van der Waals surface area contributed by atoms with Crippen LogP contribution in [0, 0.1) is 11.7 Å². The van der Waals surface area contributed by atoms with Crippen molar-refractivity contribution in [1.82, 2.24) is 4.90 Å². The molecule has 0 saturated carbocycles. The molecule has 2 aromatic rings. The van der Waals surface area contributed by atoms with E-state index >= 15 is 0 Å². The number of benzene rings is 2. The van der Waals surface area contributed by atoms with E-state index in [-0.39, 0.29) is 23.9 Å². The number of amides is 1. The number of nitrogens with zero attached hydrogens (tertiary/aromatic N) is 1. The third kappa shape index (κ3) is 5.56. The summed E-state index contributed by atoms with van der Waals surface area (Å²) in [4.78, 5) is 27.0. The van der Waals surface area contributed by atoms with Gasteiger partial charge in [-0.3, -0.25) is 4.79 Å². The minimum absolute atomic E-state index is 0.171. The molecule has 1 fully saturated rings. The van der Waals surface area contributed by atoms with Crippen LogP contribution in [0.4, 0.5) is 4.39 Å². The van der Waals surface area contributed by atoms with E-state index in [4.69, 9.17) is 9.47 Å². The number of esters is 1. The lowest BCUT2D eigenvalue weighted by Gasteiger charge is -2.31. The largest absolute Gasteiger partial charge is 0.488 e. The van der Waals surface area contributed by atoms with Gasteiger partial charge in [0.15, 0.2) is 6.10 Å². The Hall–Kier alpha value is -2.89. The maximum absolute atomic E-state index is 13.0. The number of piperidine rings is 1. The van der Waals surface area contributed by atoms with Gasteiger partial charge in [-0.25, -0.2) is 9.18 Å². The van der Waals surface area contributed by atoms with Gasteiger partial charge in [0.1, 0.15) is 23.7 Å². The van der Waals surface area contributed by atoms with E-state index in [1.807, 2.05) is 0 Å². The van der Waals surface area contributed by atoms with Crippen LogP contribution in [-0.4, -0.2) is 36.0 Å². The van der Waals surface area contributed by atoms with Crippen LogP contribution < -0.4 is 4.74 Å². The standard InChI is InChI=1S/C23H26FNO4/c1-16-11-13-25(14-12-16)22(26)17(2)29-23(27)20-5-3-4-6-21(20)28-15-18-7-9-19(24)10-8-18/h3-10,16-17H,11-15H2,1-2H3/t17-/m1/s1. The van der Waals surface area contributed by atoms with Crippen LogP contribution in [0.5, 0.6) is 5.75 Å². The Morgan fingerprint density at radius 3 is 2.45 bits per heavy atom. The van der Waals surface area contributed by atoms with Gasteiger partial charge >= 0.3 is 5.97 Å². The van der Waals surface area contributed by atoms with Gasteiger partial charge < -0.3 is 14.4 Å². The molecule has 29 heavy (non-hydrogen) atoms. The highest BCUT2D eigenvalue weighted by Gasteiger charge is 2.27. The van der Waals surface area contributed by atoms with Crippen LogP contribution in [0.3, 0.4) is 0 Å². The van der Waals surface area contributed by atoms with Gasteiger partial charge in [0.05, 0.1) is 0 Å². The van der Waals surface area contributed by atoms with Gasteiger partial charge in [0, 0.05) is 13.1 Å². The van der Waals surface area contributed by atoms with Crippen molar-refractivity contribution in [2.45, 2.75) is 39.4 Å². The average molecular weight is 399 g/mol. The third-order valence-electron chi connectivity index (χ3n) is 5.14. The molecule has 0 radical (unpaired) electrons. The number of hydrogen-bond acceptors (Lipinski definition) is 4. The summed E-state index contributed by atoms with van der Waals surface area (Å²) in [5.74, 6) is -0.129. The Balaban J connectivity index is 1.61. The van der Waals surface area contributed by atoms with Crippen LogP contribution in [0.25, 0.3) is 0 Å². The van der Waals surface area contributed by atoms with Crippen LogP contribution in [0.15, 0.2) is 48.5 Å². The molecule has 154 valence electrons. The summed E-state index contributed by atoms with van der Waals surface area (Å²) < 4.78 is 24.2. The first kappa shape index (κ1) is 20.8. The second-order valence-electron chi connectivity index (χ2n) is 7.47. The first-order chi connectivity index (χ1) is 13.9. The van der Waals surface area contributed by atoms with Crippen molar-refractivity contribution in [1.29, 1.82) is 0 Å². The van der Waals surface area contributed by atoms with Crippen molar-refractivity contribution in [3.63, 3.8) is 0 Å². The number of rotatable bonds is 6. The first-order valence-corrected chi connectivity index (χ1v) is 9.90. The van der Waals surface area contributed by atoms with Gasteiger partial charge in [-0.15, -0.1) is 0 Å². The summed E-state index contributed by atoms with van der Waals surface area (Å²) in [5, 5.41) is 0. The van der Waals surface area contributed by atoms with E-state index in [0.717, 1.165) is 18.4 Å². The van der Waals surface area contributed by atoms with E-state index in [9.17, 15) is 14.0 Å². The summed E-state index contributed by atoms with van der Waals surface area (Å²) in [5.41, 5.74) is 1.03. The number of likely N-dealkylation sites (tertiary alicyclic amines) is 1. The Kier molecular flexibility index (Phi) is 6.86. The minimum Gasteiger partial charge on any atom is -0.488 e. The Morgan fingerprint density at radius 1 is 1.10 bits per heavy atom. The quantitative estimate of drug-likeness (QED) is 0.683. The molecule has 1 saturated heterocycles. The molecule has 6 heteroatoms. The molecule has 1 amide bonds. The lowest BCUT2D eigenvalue weighted by atomic mass is 9.99. The second kappa shape index (κ2) is 9.54. The highest BCUT2D eigenvalue weighted by molar-refractivity contribution is 5.94. The van der Waals surface area contributed by atoms with Crippen LogP contribution in [0.1, 0.15) is 42.6 Å². The number of ether oxygens (including phenoxy) is 2. The fourth-order valence-electron chi connectivity index (χ4n) is 3.26. The smallest absolute Gasteiger partial charge is 0.342 e. The highest BCUT2D eigenvalue weighted by Crippen LogP contribution is 2.22. The molecular weight excluding hydrogens is 373 g/mol. The van der Waals surface area contributed by atoms with Crippen molar-refractivity contribution in [3.8, 4) is 5.75 Å². The number of para-hydroxylation sites is 1. The van der Waals surface area contributed by atoms with Crippen molar-refractivity contribution in [2.24, 2.45) is 5.92 Å². The van der Waals surface area contributed by atoms with Crippen LogP contribution in [-0.2, 0) is 16.1 Å². The van der Waals surface area contributed by atoms with E-state index < -0.39 is 12.1 Å². The number of hydrogen-bond donors (Lipinski definition) is 0. The molecule has 3 rings (SSSR count). The van der Waals surface area contributed by atoms with E-state index in [2.05, 4.69) is 6.92 Å². The summed E-state index contributed by atoms with van der Waals surface area (Å²) in [6.07, 6.45) is 1.07. The molecule has 0 bridgehead atoms. The highest BCUT2D eigenvalue weighted by atomic mass is 19.1. The molecule has 0 spiro atoms. The topological polar surface area (TPSA) is 55.8 Å².